The van der Waals surface area contributed by atoms with Gasteiger partial charge in [0, 0.05) is 5.41 Å². The van der Waals surface area contributed by atoms with E-state index >= 15 is 0 Å². The summed E-state index contributed by atoms with van der Waals surface area (Å²) in [6.07, 6.45) is 17.0. The molecule has 0 aromatic heterocycles. The number of rotatable bonds is 25. The number of benzene rings is 2. The minimum absolute atomic E-state index is 0.120. The molecule has 0 heterocycles. The second-order valence-corrected chi connectivity index (χ2v) is 17.5. The molecule has 0 amide bonds. The highest BCUT2D eigenvalue weighted by atomic mass is 15.3. The molecule has 2 aromatic rings. The third-order valence-electron chi connectivity index (χ3n) is 15.3. The second kappa shape index (κ2) is 18.9. The molecule has 1 aliphatic rings. The van der Waals surface area contributed by atoms with Gasteiger partial charge in [-0.25, -0.2) is 0 Å². The number of fused-ring (bicyclic) bond motifs is 3. The van der Waals surface area contributed by atoms with Gasteiger partial charge in [0.25, 0.3) is 0 Å². The Morgan fingerprint density at radius 1 is 0.460 bits per heavy atom. The lowest BCUT2D eigenvalue weighted by Gasteiger charge is -2.36. The molecule has 3 rings (SSSR count). The largest absolute Gasteiger partial charge is 0.324 e. The molecule has 0 N–H and O–H groups in total. The van der Waals surface area contributed by atoms with Gasteiger partial charge in [0.2, 0.25) is 0 Å². The molecular weight excluding hydrogens is 605 g/mol. The molecule has 2 heteroatoms. The molecule has 284 valence electrons. The lowest BCUT2D eigenvalue weighted by atomic mass is 9.68. The lowest BCUT2D eigenvalue weighted by molar-refractivity contribution is -0.923. The molecule has 0 spiro atoms. The van der Waals surface area contributed by atoms with Crippen molar-refractivity contribution >= 4 is 0 Å². The van der Waals surface area contributed by atoms with Crippen LogP contribution in [0.1, 0.15) is 189 Å². The molecule has 2 nitrogen and oxygen atoms in total. The second-order valence-electron chi connectivity index (χ2n) is 17.5. The van der Waals surface area contributed by atoms with Crippen molar-refractivity contribution in [3.63, 3.8) is 0 Å². The molecule has 0 bridgehead atoms. The maximum absolute atomic E-state index is 2.72. The van der Waals surface area contributed by atoms with Gasteiger partial charge >= 0.3 is 0 Å². The van der Waals surface area contributed by atoms with Crippen LogP contribution in [0.5, 0.6) is 0 Å². The first kappa shape index (κ1) is 42.8. The summed E-state index contributed by atoms with van der Waals surface area (Å²) >= 11 is 0. The summed E-state index contributed by atoms with van der Waals surface area (Å²) in [4.78, 5) is 0. The Bertz CT molecular complexity index is 1240. The fraction of sp³-hybridized carbons (Fsp3) is 0.750. The summed E-state index contributed by atoms with van der Waals surface area (Å²) < 4.78 is 2.57. The van der Waals surface area contributed by atoms with Crippen molar-refractivity contribution in [2.24, 2.45) is 0 Å². The minimum atomic E-state index is 0.120. The summed E-state index contributed by atoms with van der Waals surface area (Å²) in [5.74, 6) is 0. The predicted octanol–water partition coefficient (Wildman–Crippen LogP) is 13.4. The van der Waals surface area contributed by atoms with E-state index in [0.717, 1.165) is 0 Å². The Balaban J connectivity index is 2.00. The smallest absolute Gasteiger partial charge is 0.0786 e. The lowest BCUT2D eigenvalue weighted by Crippen LogP contribution is -2.48. The van der Waals surface area contributed by atoms with Crippen LogP contribution in [0.3, 0.4) is 0 Å². The van der Waals surface area contributed by atoms with Crippen LogP contribution in [-0.4, -0.2) is 61.3 Å². The van der Waals surface area contributed by atoms with Crippen molar-refractivity contribution in [2.75, 3.05) is 52.4 Å². The van der Waals surface area contributed by atoms with Crippen LogP contribution >= 0.6 is 0 Å². The van der Waals surface area contributed by atoms with Gasteiger partial charge in [-0.2, -0.15) is 0 Å². The van der Waals surface area contributed by atoms with Crippen molar-refractivity contribution in [1.82, 2.24) is 0 Å². The Labute approximate surface area is 313 Å². The summed E-state index contributed by atoms with van der Waals surface area (Å²) in [6.45, 7) is 39.2. The van der Waals surface area contributed by atoms with Crippen LogP contribution in [-0.2, 0) is 16.2 Å². The molecule has 0 radical (unpaired) electrons. The monoisotopic (exact) mass is 689 g/mol. The van der Waals surface area contributed by atoms with E-state index in [2.05, 4.69) is 119 Å². The average Bonchev–Trinajstić information content (AvgIpc) is 3.42. The first-order chi connectivity index (χ1) is 23.9. The number of nitrogens with zero attached hydrogens (tertiary/aromatic N) is 2. The molecule has 0 saturated heterocycles. The van der Waals surface area contributed by atoms with Crippen LogP contribution in [0.25, 0.3) is 11.1 Å². The summed E-state index contributed by atoms with van der Waals surface area (Å²) in [5, 5.41) is 0. The standard InChI is InChI=1S/C48H84N2/c1-13-46(10,11)40-30-32-42-43-33-31-41(47(12,14-2)15-3)39-45(43)48(44(42)38-40,34-26-22-24-28-36-49(16-4,17-5)18-6)35-27-23-25-29-37-50(19-7,20-8)21-9/h30-33,38-39H,13-29,34-37H2,1-12H3/q+2. The molecule has 0 saturated carbocycles. The molecule has 0 unspecified atom stereocenters. The molecule has 2 aromatic carbocycles. The highest BCUT2D eigenvalue weighted by Crippen LogP contribution is 2.56. The van der Waals surface area contributed by atoms with Gasteiger partial charge < -0.3 is 8.97 Å². The Morgan fingerprint density at radius 3 is 1.22 bits per heavy atom. The van der Waals surface area contributed by atoms with Gasteiger partial charge in [0.1, 0.15) is 0 Å². The van der Waals surface area contributed by atoms with E-state index in [1.54, 1.807) is 16.7 Å². The van der Waals surface area contributed by atoms with Gasteiger partial charge in [-0.1, -0.05) is 104 Å². The van der Waals surface area contributed by atoms with Crippen molar-refractivity contribution in [2.45, 2.75) is 183 Å². The van der Waals surface area contributed by atoms with Gasteiger partial charge in [0.05, 0.1) is 52.4 Å². The Kier molecular flexibility index (Phi) is 16.2. The van der Waals surface area contributed by atoms with Crippen molar-refractivity contribution in [1.29, 1.82) is 0 Å². The van der Waals surface area contributed by atoms with Gasteiger partial charge in [0.15, 0.2) is 0 Å². The van der Waals surface area contributed by atoms with E-state index in [0.29, 0.717) is 0 Å². The third-order valence-corrected chi connectivity index (χ3v) is 15.3. The molecule has 0 fully saturated rings. The van der Waals surface area contributed by atoms with Gasteiger partial charge in [-0.3, -0.25) is 0 Å². The Hall–Kier alpha value is -1.64. The van der Waals surface area contributed by atoms with E-state index in [1.165, 1.54) is 161 Å². The molecule has 1 aliphatic carbocycles. The first-order valence-corrected chi connectivity index (χ1v) is 21.9. The third kappa shape index (κ3) is 9.28. The van der Waals surface area contributed by atoms with E-state index in [9.17, 15) is 0 Å². The maximum Gasteiger partial charge on any atom is 0.0786 e. The van der Waals surface area contributed by atoms with E-state index in [4.69, 9.17) is 0 Å². The van der Waals surface area contributed by atoms with E-state index in [-0.39, 0.29) is 16.2 Å². The van der Waals surface area contributed by atoms with Crippen molar-refractivity contribution in [3.05, 3.63) is 58.7 Å². The van der Waals surface area contributed by atoms with Crippen LogP contribution in [0.15, 0.2) is 36.4 Å². The first-order valence-electron chi connectivity index (χ1n) is 21.9. The SMILES string of the molecule is CCC(C)(C)c1ccc2c(c1)C(CCCCCC[N+](CC)(CC)CC)(CCCCCC[N+](CC)(CC)CC)c1cc(C(C)(CC)CC)ccc1-2. The molecule has 0 atom stereocenters. The Morgan fingerprint density at radius 2 is 0.840 bits per heavy atom. The quantitative estimate of drug-likeness (QED) is 0.0719. The summed E-state index contributed by atoms with van der Waals surface area (Å²) in [5.41, 5.74) is 10.0. The fourth-order valence-electron chi connectivity index (χ4n) is 9.56. The predicted molar refractivity (Wildman–Crippen MR) is 224 cm³/mol. The molecule has 50 heavy (non-hydrogen) atoms. The normalized spacial score (nSPS) is 14.6. The number of hydrogen-bond donors (Lipinski definition) is 0. The summed E-state index contributed by atoms with van der Waals surface area (Å²) in [6, 6.07) is 15.4. The topological polar surface area (TPSA) is 0 Å². The van der Waals surface area contributed by atoms with Crippen molar-refractivity contribution in [3.8, 4) is 11.1 Å². The van der Waals surface area contributed by atoms with Crippen LogP contribution in [0.4, 0.5) is 0 Å². The van der Waals surface area contributed by atoms with Crippen molar-refractivity contribution < 1.29 is 8.97 Å². The van der Waals surface area contributed by atoms with Crippen LogP contribution in [0, 0.1) is 0 Å². The fourth-order valence-corrected chi connectivity index (χ4v) is 9.56. The zero-order valence-electron chi connectivity index (χ0n) is 35.7. The molecule has 0 aliphatic heterocycles. The van der Waals surface area contributed by atoms with Crippen LogP contribution < -0.4 is 0 Å². The van der Waals surface area contributed by atoms with Gasteiger partial charge in [-0.15, -0.1) is 0 Å². The van der Waals surface area contributed by atoms with Crippen LogP contribution in [0.2, 0.25) is 0 Å². The highest BCUT2D eigenvalue weighted by molar-refractivity contribution is 5.82. The molecular formula is C48H84N2+2. The maximum atomic E-state index is 2.72. The number of quaternary nitrogens is 2. The average molecular weight is 689 g/mol. The van der Waals surface area contributed by atoms with E-state index < -0.39 is 0 Å². The highest BCUT2D eigenvalue weighted by Gasteiger charge is 2.43. The zero-order valence-corrected chi connectivity index (χ0v) is 35.7. The summed E-state index contributed by atoms with van der Waals surface area (Å²) in [7, 11) is 0. The number of unbranched alkanes of at least 4 members (excludes halogenated alkanes) is 6. The van der Waals surface area contributed by atoms with E-state index in [1.807, 2.05) is 0 Å². The zero-order chi connectivity index (χ0) is 37.1. The van der Waals surface area contributed by atoms with Gasteiger partial charge in [-0.05, 0) is 144 Å². The minimum Gasteiger partial charge on any atom is -0.324 e. The number of hydrogen-bond acceptors (Lipinski definition) is 0.